The van der Waals surface area contributed by atoms with Crippen molar-refractivity contribution in [3.63, 3.8) is 0 Å². The predicted octanol–water partition coefficient (Wildman–Crippen LogP) is 3.95. The van der Waals surface area contributed by atoms with Gasteiger partial charge < -0.3 is 0 Å². The molecular weight excluding hydrogens is 132 g/mol. The number of rotatable bonds is 5. The van der Waals surface area contributed by atoms with E-state index < -0.39 is 0 Å². The Morgan fingerprint density at radius 3 is 2.09 bits per heavy atom. The monoisotopic (exact) mass is 152 g/mol. The molecule has 1 unspecified atom stereocenters. The fourth-order valence-electron chi connectivity index (χ4n) is 1.07. The van der Waals surface area contributed by atoms with E-state index in [1.165, 1.54) is 11.1 Å². The molecule has 0 bridgehead atoms. The van der Waals surface area contributed by atoms with Crippen molar-refractivity contribution in [2.75, 3.05) is 0 Å². The van der Waals surface area contributed by atoms with Gasteiger partial charge in [0.1, 0.15) is 0 Å². The van der Waals surface area contributed by atoms with E-state index in [1.54, 1.807) is 0 Å². The van der Waals surface area contributed by atoms with E-state index in [-0.39, 0.29) is 0 Å². The highest BCUT2D eigenvalue weighted by Gasteiger charge is 2.05. The van der Waals surface area contributed by atoms with Gasteiger partial charge in [-0.2, -0.15) is 0 Å². The van der Waals surface area contributed by atoms with Crippen LogP contribution in [0, 0.1) is 5.92 Å². The third kappa shape index (κ3) is 4.02. The Morgan fingerprint density at radius 1 is 1.18 bits per heavy atom. The minimum Gasteiger partial charge on any atom is -0.0999 e. The van der Waals surface area contributed by atoms with Crippen LogP contribution in [-0.4, -0.2) is 0 Å². The Kier molecular flexibility index (Phi) is 4.93. The first-order valence-corrected chi connectivity index (χ1v) is 4.46. The summed E-state index contributed by atoms with van der Waals surface area (Å²) in [5.41, 5.74) is 2.69. The van der Waals surface area contributed by atoms with E-state index in [2.05, 4.69) is 33.9 Å². The zero-order valence-electron chi connectivity index (χ0n) is 8.11. The molecule has 0 saturated heterocycles. The lowest BCUT2D eigenvalue weighted by molar-refractivity contribution is 0.641. The normalized spacial score (nSPS) is 12.6. The molecule has 0 saturated carbocycles. The van der Waals surface area contributed by atoms with E-state index in [9.17, 15) is 0 Å². The first kappa shape index (κ1) is 10.5. The van der Waals surface area contributed by atoms with E-state index in [0.717, 1.165) is 19.3 Å². The number of allylic oxidation sites excluding steroid dienone is 2. The Labute approximate surface area is 71.0 Å². The van der Waals surface area contributed by atoms with Crippen LogP contribution < -0.4 is 0 Å². The molecule has 0 nitrogen and oxygen atoms in total. The van der Waals surface area contributed by atoms with Crippen LogP contribution in [0.15, 0.2) is 24.3 Å². The standard InChI is InChI=1S/C11H20/c1-6-9(3)8-11(5)10(4)7-2/h11H,3-4,6-8H2,1-2,5H3. The molecule has 0 aromatic carbocycles. The average molecular weight is 152 g/mol. The van der Waals surface area contributed by atoms with E-state index in [1.807, 2.05) is 0 Å². The van der Waals surface area contributed by atoms with Crippen LogP contribution in [0.1, 0.15) is 40.0 Å². The summed E-state index contributed by atoms with van der Waals surface area (Å²) in [5, 5.41) is 0. The third-order valence-corrected chi connectivity index (χ3v) is 2.25. The largest absolute Gasteiger partial charge is 0.0999 e. The summed E-state index contributed by atoms with van der Waals surface area (Å²) in [4.78, 5) is 0. The van der Waals surface area contributed by atoms with Crippen LogP contribution >= 0.6 is 0 Å². The lowest BCUT2D eigenvalue weighted by atomic mass is 9.93. The SMILES string of the molecule is C=C(CC)CC(C)C(=C)CC. The van der Waals surface area contributed by atoms with Gasteiger partial charge in [0, 0.05) is 0 Å². The lowest BCUT2D eigenvalue weighted by Gasteiger charge is -2.13. The minimum absolute atomic E-state index is 0.618. The third-order valence-electron chi connectivity index (χ3n) is 2.25. The molecule has 0 aliphatic heterocycles. The first-order valence-electron chi connectivity index (χ1n) is 4.46. The van der Waals surface area contributed by atoms with Crippen molar-refractivity contribution in [2.45, 2.75) is 40.0 Å². The van der Waals surface area contributed by atoms with Crippen molar-refractivity contribution < 1.29 is 0 Å². The smallest absolute Gasteiger partial charge is 0.0197 e. The molecule has 0 fully saturated rings. The van der Waals surface area contributed by atoms with Crippen LogP contribution in [-0.2, 0) is 0 Å². The molecule has 0 aliphatic carbocycles. The molecule has 0 rings (SSSR count). The highest BCUT2D eigenvalue weighted by molar-refractivity contribution is 5.05. The van der Waals surface area contributed by atoms with E-state index in [4.69, 9.17) is 0 Å². The highest BCUT2D eigenvalue weighted by atomic mass is 14.1. The van der Waals surface area contributed by atoms with Crippen LogP contribution in [0.3, 0.4) is 0 Å². The van der Waals surface area contributed by atoms with Gasteiger partial charge in [-0.3, -0.25) is 0 Å². The maximum absolute atomic E-state index is 4.02. The maximum Gasteiger partial charge on any atom is -0.0197 e. The van der Waals surface area contributed by atoms with E-state index >= 15 is 0 Å². The number of hydrogen-bond donors (Lipinski definition) is 0. The maximum atomic E-state index is 4.02. The highest BCUT2D eigenvalue weighted by Crippen LogP contribution is 2.20. The summed E-state index contributed by atoms with van der Waals surface area (Å²) in [6.45, 7) is 14.6. The first-order chi connectivity index (χ1) is 5.11. The molecule has 0 N–H and O–H groups in total. The van der Waals surface area contributed by atoms with Crippen molar-refractivity contribution in [1.82, 2.24) is 0 Å². The van der Waals surface area contributed by atoms with Crippen molar-refractivity contribution in [3.8, 4) is 0 Å². The van der Waals surface area contributed by atoms with Gasteiger partial charge in [-0.25, -0.2) is 0 Å². The molecule has 0 spiro atoms. The fourth-order valence-corrected chi connectivity index (χ4v) is 1.07. The lowest BCUT2D eigenvalue weighted by Crippen LogP contribution is -1.98. The Bertz CT molecular complexity index is 142. The Hall–Kier alpha value is -0.520. The molecule has 1 atom stereocenters. The molecule has 11 heavy (non-hydrogen) atoms. The predicted molar refractivity (Wildman–Crippen MR) is 52.6 cm³/mol. The van der Waals surface area contributed by atoms with Crippen LogP contribution in [0.25, 0.3) is 0 Å². The van der Waals surface area contributed by atoms with Gasteiger partial charge >= 0.3 is 0 Å². The Morgan fingerprint density at radius 2 is 1.73 bits per heavy atom. The molecule has 0 heterocycles. The quantitative estimate of drug-likeness (QED) is 0.523. The van der Waals surface area contributed by atoms with Crippen molar-refractivity contribution in [1.29, 1.82) is 0 Å². The zero-order valence-corrected chi connectivity index (χ0v) is 8.11. The average Bonchev–Trinajstić information content (AvgIpc) is 2.02. The van der Waals surface area contributed by atoms with Gasteiger partial charge in [0.15, 0.2) is 0 Å². The molecule has 64 valence electrons. The second-order valence-electron chi connectivity index (χ2n) is 3.22. The van der Waals surface area contributed by atoms with E-state index in [0.29, 0.717) is 5.92 Å². The molecule has 0 aromatic rings. The van der Waals surface area contributed by atoms with Gasteiger partial charge in [-0.1, -0.05) is 45.1 Å². The summed E-state index contributed by atoms with van der Waals surface area (Å²) in [6, 6.07) is 0. The molecule has 0 aromatic heterocycles. The summed E-state index contributed by atoms with van der Waals surface area (Å²) in [5.74, 6) is 0.618. The number of hydrogen-bond acceptors (Lipinski definition) is 0. The summed E-state index contributed by atoms with van der Waals surface area (Å²) in [7, 11) is 0. The Balaban J connectivity index is 3.77. The van der Waals surface area contributed by atoms with Gasteiger partial charge in [-0.05, 0) is 25.2 Å². The molecule has 0 aliphatic rings. The summed E-state index contributed by atoms with van der Waals surface area (Å²) >= 11 is 0. The van der Waals surface area contributed by atoms with Crippen molar-refractivity contribution in [2.24, 2.45) is 5.92 Å². The van der Waals surface area contributed by atoms with Crippen molar-refractivity contribution in [3.05, 3.63) is 24.3 Å². The summed E-state index contributed by atoms with van der Waals surface area (Å²) < 4.78 is 0. The van der Waals surface area contributed by atoms with Crippen LogP contribution in [0.4, 0.5) is 0 Å². The minimum atomic E-state index is 0.618. The molecule has 0 heteroatoms. The summed E-state index contributed by atoms with van der Waals surface area (Å²) in [6.07, 6.45) is 3.31. The molecular formula is C11H20. The second kappa shape index (κ2) is 5.17. The molecule has 0 radical (unpaired) electrons. The van der Waals surface area contributed by atoms with Crippen LogP contribution in [0.2, 0.25) is 0 Å². The topological polar surface area (TPSA) is 0 Å². The fraction of sp³-hybridized carbons (Fsp3) is 0.636. The molecule has 0 amide bonds. The van der Waals surface area contributed by atoms with Gasteiger partial charge in [0.2, 0.25) is 0 Å². The van der Waals surface area contributed by atoms with Gasteiger partial charge in [0.25, 0.3) is 0 Å². The zero-order chi connectivity index (χ0) is 8.85. The second-order valence-corrected chi connectivity index (χ2v) is 3.22. The van der Waals surface area contributed by atoms with Gasteiger partial charge in [0.05, 0.1) is 0 Å². The van der Waals surface area contributed by atoms with Gasteiger partial charge in [-0.15, -0.1) is 0 Å². The van der Waals surface area contributed by atoms with Crippen LogP contribution in [0.5, 0.6) is 0 Å². The van der Waals surface area contributed by atoms with Crippen molar-refractivity contribution >= 4 is 0 Å².